The van der Waals surface area contributed by atoms with Crippen LogP contribution in [-0.2, 0) is 10.8 Å². The summed E-state index contributed by atoms with van der Waals surface area (Å²) in [5.41, 5.74) is 36.7. The minimum absolute atomic E-state index is 0.0787. The molecule has 472 valence electrons. The van der Waals surface area contributed by atoms with E-state index in [1.54, 1.807) is 0 Å². The largest absolute Gasteiger partial charge is 0.355 e. The van der Waals surface area contributed by atoms with Gasteiger partial charge in [-0.1, -0.05) is 298 Å². The first kappa shape index (κ1) is 63.5. The predicted molar refractivity (Wildman–Crippen MR) is 418 cm³/mol. The molecule has 97 heavy (non-hydrogen) atoms. The molecular weight excluding hydrogens is 1240 g/mol. The molecule has 0 aliphatic heterocycles. The van der Waals surface area contributed by atoms with Gasteiger partial charge in [0.1, 0.15) is 0 Å². The summed E-state index contributed by atoms with van der Waals surface area (Å²) in [7, 11) is 0. The second-order valence-electron chi connectivity index (χ2n) is 26.9. The van der Waals surface area contributed by atoms with Crippen molar-refractivity contribution in [1.82, 2.24) is 0 Å². The van der Waals surface area contributed by atoms with Crippen molar-refractivity contribution in [1.29, 1.82) is 0 Å². The van der Waals surface area contributed by atoms with Crippen LogP contribution in [0.5, 0.6) is 0 Å². The fourth-order valence-corrected chi connectivity index (χ4v) is 15.0. The minimum atomic E-state index is -0.0787. The Balaban J connectivity index is 0.000000141. The fraction of sp³-hybridized carbons (Fsp3) is 0.106. The second-order valence-corrected chi connectivity index (χ2v) is 27.8. The third-order valence-electron chi connectivity index (χ3n) is 19.8. The lowest BCUT2D eigenvalue weighted by atomic mass is 9.82. The highest BCUT2D eigenvalue weighted by atomic mass is 79.9. The molecule has 14 aromatic rings. The topological polar surface area (TPSA) is 15.3 Å². The summed E-state index contributed by atoms with van der Waals surface area (Å²) >= 11 is 3.56. The fourth-order valence-electron chi connectivity index (χ4n) is 14.6. The zero-order valence-corrected chi connectivity index (χ0v) is 58.1. The van der Waals surface area contributed by atoms with Crippen LogP contribution in [0.15, 0.2) is 332 Å². The van der Waals surface area contributed by atoms with Gasteiger partial charge in [0.25, 0.3) is 0 Å². The summed E-state index contributed by atoms with van der Waals surface area (Å²) in [6.45, 7) is 18.2. The standard InChI is InChI=1S/C47H39N.C32H27N.C15H13Br/c1-32-29-39(38-21-19-36(20-22-38)34-13-7-5-8-14-34)30-33(2)46(32)48(40-25-23-37(24-26-40)35-15-9-6-10-16-35)41-27-28-43-42-17-11-12-18-44(42)47(3,4)45(43)31-41;1-23-21-30(29-15-13-27(14-16-29)25-9-5-3-6-10-25)22-24(2)32(23)33-31-19-17-28(18-20-31)26-11-7-4-8-12-26;1-15(2)13-6-4-3-5-11(13)12-8-7-10(16)9-14(12)15/h5-31H,1-4H3;3-22,33H,1-2H3;3-9H,1-2H3. The SMILES string of the molecule is CC1(C)c2ccccc2-c2ccc(Br)cc21.Cc1cc(-c2ccc(-c3ccccc3)cc2)cc(C)c1N(c1ccc(-c2ccccc2)cc1)c1ccc2c(c1)C(C)(C)c1ccccc1-2.Cc1cc(-c2ccc(-c3ccccc3)cc2)cc(C)c1Nc1ccc(-c2ccccc2)cc1. The molecule has 0 heterocycles. The summed E-state index contributed by atoms with van der Waals surface area (Å²) in [4.78, 5) is 2.46. The molecule has 14 aromatic carbocycles. The van der Waals surface area contributed by atoms with E-state index in [9.17, 15) is 0 Å². The number of hydrogen-bond donors (Lipinski definition) is 1. The van der Waals surface area contributed by atoms with Gasteiger partial charge in [-0.15, -0.1) is 0 Å². The highest BCUT2D eigenvalue weighted by Crippen LogP contribution is 2.52. The molecule has 0 spiro atoms. The van der Waals surface area contributed by atoms with Gasteiger partial charge in [0.15, 0.2) is 0 Å². The van der Waals surface area contributed by atoms with Crippen molar-refractivity contribution in [2.75, 3.05) is 10.2 Å². The maximum atomic E-state index is 3.63. The van der Waals surface area contributed by atoms with Gasteiger partial charge in [-0.2, -0.15) is 0 Å². The van der Waals surface area contributed by atoms with E-state index in [-0.39, 0.29) is 10.8 Å². The molecule has 0 unspecified atom stereocenters. The van der Waals surface area contributed by atoms with Gasteiger partial charge in [0, 0.05) is 38.1 Å². The Morgan fingerprint density at radius 3 is 0.969 bits per heavy atom. The number of nitrogens with zero attached hydrogens (tertiary/aromatic N) is 1. The highest BCUT2D eigenvalue weighted by molar-refractivity contribution is 9.10. The third-order valence-corrected chi connectivity index (χ3v) is 20.3. The second kappa shape index (κ2) is 27.1. The molecule has 0 aromatic heterocycles. The third kappa shape index (κ3) is 13.0. The van der Waals surface area contributed by atoms with E-state index < -0.39 is 0 Å². The summed E-state index contributed by atoms with van der Waals surface area (Å²) in [6, 6.07) is 118. The van der Waals surface area contributed by atoms with E-state index in [4.69, 9.17) is 0 Å². The van der Waals surface area contributed by atoms with Gasteiger partial charge < -0.3 is 10.2 Å². The number of aryl methyl sites for hydroxylation is 4. The van der Waals surface area contributed by atoms with E-state index >= 15 is 0 Å². The van der Waals surface area contributed by atoms with Crippen molar-refractivity contribution in [3.05, 3.63) is 377 Å². The molecule has 2 aliphatic carbocycles. The van der Waals surface area contributed by atoms with Crippen LogP contribution in [0, 0.1) is 27.7 Å². The molecule has 2 nitrogen and oxygen atoms in total. The number of fused-ring (bicyclic) bond motifs is 6. The Bertz CT molecular complexity index is 5070. The lowest BCUT2D eigenvalue weighted by molar-refractivity contribution is 0.660. The predicted octanol–water partition coefficient (Wildman–Crippen LogP) is 26.9. The van der Waals surface area contributed by atoms with Crippen LogP contribution in [0.4, 0.5) is 28.4 Å². The van der Waals surface area contributed by atoms with E-state index in [0.717, 1.165) is 15.8 Å². The zero-order chi connectivity index (χ0) is 66.8. The van der Waals surface area contributed by atoms with Gasteiger partial charge in [-0.25, -0.2) is 0 Å². The van der Waals surface area contributed by atoms with E-state index in [1.807, 2.05) is 6.07 Å². The molecule has 1 N–H and O–H groups in total. The molecule has 3 heteroatoms. The van der Waals surface area contributed by atoms with Crippen molar-refractivity contribution in [3.63, 3.8) is 0 Å². The van der Waals surface area contributed by atoms with Gasteiger partial charge in [-0.3, -0.25) is 0 Å². The molecule has 0 amide bonds. The average Bonchev–Trinajstić information content (AvgIpc) is 1.60. The molecule has 0 atom stereocenters. The number of hydrogen-bond acceptors (Lipinski definition) is 2. The monoisotopic (exact) mass is 1310 g/mol. The van der Waals surface area contributed by atoms with Crippen LogP contribution in [0.1, 0.15) is 72.2 Å². The average molecular weight is 1320 g/mol. The van der Waals surface area contributed by atoms with Crippen molar-refractivity contribution in [2.24, 2.45) is 0 Å². The van der Waals surface area contributed by atoms with E-state index in [1.165, 1.54) is 151 Å². The van der Waals surface area contributed by atoms with E-state index in [0.29, 0.717) is 0 Å². The summed E-state index contributed by atoms with van der Waals surface area (Å²) in [6.07, 6.45) is 0. The first-order valence-electron chi connectivity index (χ1n) is 33.7. The molecule has 0 saturated carbocycles. The Hall–Kier alpha value is -10.8. The lowest BCUT2D eigenvalue weighted by Crippen LogP contribution is -2.17. The zero-order valence-electron chi connectivity index (χ0n) is 56.5. The van der Waals surface area contributed by atoms with Crippen molar-refractivity contribution in [3.8, 4) is 89.0 Å². The number of anilines is 5. The number of halogens is 1. The molecule has 0 fully saturated rings. The molecule has 0 radical (unpaired) electrons. The number of rotatable bonds is 11. The first-order chi connectivity index (χ1) is 47.2. The molecule has 2 aliphatic rings. The number of nitrogens with one attached hydrogen (secondary N) is 1. The van der Waals surface area contributed by atoms with Crippen LogP contribution < -0.4 is 10.2 Å². The molecule has 16 rings (SSSR count). The Morgan fingerprint density at radius 1 is 0.258 bits per heavy atom. The smallest absolute Gasteiger partial charge is 0.0520 e. The van der Waals surface area contributed by atoms with Crippen LogP contribution in [0.2, 0.25) is 0 Å². The first-order valence-corrected chi connectivity index (χ1v) is 34.5. The van der Waals surface area contributed by atoms with Gasteiger partial charge in [0.2, 0.25) is 0 Å². The Labute approximate surface area is 582 Å². The van der Waals surface area contributed by atoms with Crippen LogP contribution in [0.25, 0.3) is 89.0 Å². The van der Waals surface area contributed by atoms with Gasteiger partial charge in [0.05, 0.1) is 5.69 Å². The van der Waals surface area contributed by atoms with E-state index in [2.05, 4.69) is 403 Å². The molecule has 0 bridgehead atoms. The number of benzene rings is 14. The summed E-state index contributed by atoms with van der Waals surface area (Å²) < 4.78 is 1.16. The maximum Gasteiger partial charge on any atom is 0.0520 e. The van der Waals surface area contributed by atoms with Crippen LogP contribution >= 0.6 is 15.9 Å². The van der Waals surface area contributed by atoms with Crippen LogP contribution in [-0.4, -0.2) is 0 Å². The van der Waals surface area contributed by atoms with Gasteiger partial charge in [-0.05, 0) is 234 Å². The normalized spacial score (nSPS) is 12.5. The van der Waals surface area contributed by atoms with Crippen molar-refractivity contribution >= 4 is 44.4 Å². The van der Waals surface area contributed by atoms with Gasteiger partial charge >= 0.3 is 0 Å². The minimum Gasteiger partial charge on any atom is -0.355 e. The molecular formula is C94H79BrN2. The van der Waals surface area contributed by atoms with Crippen LogP contribution in [0.3, 0.4) is 0 Å². The summed E-state index contributed by atoms with van der Waals surface area (Å²) in [5, 5.41) is 3.63. The Morgan fingerprint density at radius 2 is 0.557 bits per heavy atom. The Kier molecular flexibility index (Phi) is 17.8. The van der Waals surface area contributed by atoms with Crippen molar-refractivity contribution < 1.29 is 0 Å². The highest BCUT2D eigenvalue weighted by Gasteiger charge is 2.37. The quantitative estimate of drug-likeness (QED) is 0.139. The summed E-state index contributed by atoms with van der Waals surface area (Å²) in [5.74, 6) is 0. The maximum absolute atomic E-state index is 3.63. The lowest BCUT2D eigenvalue weighted by Gasteiger charge is -2.31. The molecule has 0 saturated heterocycles. The van der Waals surface area contributed by atoms with Crippen molar-refractivity contribution in [2.45, 2.75) is 66.2 Å².